The van der Waals surface area contributed by atoms with Crippen LogP contribution in [0.4, 0.5) is 11.4 Å². The monoisotopic (exact) mass is 621 g/mol. The first-order valence-electron chi connectivity index (χ1n) is 14.9. The molecule has 0 saturated carbocycles. The molecule has 7 nitrogen and oxygen atoms in total. The lowest BCUT2D eigenvalue weighted by molar-refractivity contribution is -0.142. The van der Waals surface area contributed by atoms with Crippen molar-refractivity contribution < 1.29 is 19.5 Å². The summed E-state index contributed by atoms with van der Waals surface area (Å²) in [6, 6.07) is 15.1. The molecule has 2 aromatic rings. The number of hydrogen-bond acceptors (Lipinski definition) is 5. The van der Waals surface area contributed by atoms with E-state index >= 15 is 0 Å². The van der Waals surface area contributed by atoms with Crippen molar-refractivity contribution in [3.8, 4) is 0 Å². The van der Waals surface area contributed by atoms with Crippen molar-refractivity contribution in [2.45, 2.75) is 55.2 Å². The molecular formula is C34H40ClN3O4S. The van der Waals surface area contributed by atoms with Crippen LogP contribution in [0.1, 0.15) is 33.1 Å². The predicted octanol–water partition coefficient (Wildman–Crippen LogP) is 5.58. The molecule has 9 heteroatoms. The summed E-state index contributed by atoms with van der Waals surface area (Å²) in [6.45, 7) is 12.1. The number of amides is 3. The Morgan fingerprint density at radius 2 is 1.65 bits per heavy atom. The van der Waals surface area contributed by atoms with Gasteiger partial charge in [-0.1, -0.05) is 55.8 Å². The standard InChI is InChI=1S/C34H40ClN3O4S/c1-5-18-36(24-10-8-7-9-11-24)31(40)28-27-16-17-34(43-27)29(28)32(41)38(26(21-39)20-22(3)4)30(34)33(42)37(19-6-2)25-14-12-23(35)13-15-25/h5-15,22,26-30,39H,1-2,16-21H2,3-4H3/t26-,27+,28-,29+,30?,34?/m1/s1. The summed E-state index contributed by atoms with van der Waals surface area (Å²) in [6.07, 6.45) is 5.27. The van der Waals surface area contributed by atoms with Crippen LogP contribution in [0.15, 0.2) is 79.9 Å². The third-order valence-corrected chi connectivity index (χ3v) is 11.2. The Morgan fingerprint density at radius 3 is 2.23 bits per heavy atom. The van der Waals surface area contributed by atoms with Gasteiger partial charge in [0.25, 0.3) is 5.91 Å². The van der Waals surface area contributed by atoms with Crippen molar-refractivity contribution in [2.24, 2.45) is 17.8 Å². The number of anilines is 2. The SMILES string of the molecule is C=CCN(C(=O)C1N([C@@H](CO)CC(C)C)C(=O)[C@@H]2[C@H](C(=O)N(CC=C)c3ccccc3)[C@@H]3CCC12S3)c1ccc(Cl)cc1. The molecule has 3 amide bonds. The fourth-order valence-electron chi connectivity index (χ4n) is 7.33. The van der Waals surface area contributed by atoms with Gasteiger partial charge in [-0.25, -0.2) is 0 Å². The zero-order valence-corrected chi connectivity index (χ0v) is 26.3. The Hall–Kier alpha value is -3.07. The molecule has 2 aromatic carbocycles. The van der Waals surface area contributed by atoms with Crippen molar-refractivity contribution >= 4 is 52.5 Å². The summed E-state index contributed by atoms with van der Waals surface area (Å²) in [5.41, 5.74) is 1.40. The normalized spacial score (nSPS) is 26.3. The average Bonchev–Trinajstić information content (AvgIpc) is 3.65. The quantitative estimate of drug-likeness (QED) is 0.313. The molecular weight excluding hydrogens is 582 g/mol. The minimum atomic E-state index is -0.839. The van der Waals surface area contributed by atoms with Crippen LogP contribution in [-0.4, -0.2) is 69.5 Å². The fraction of sp³-hybridized carbons (Fsp3) is 0.441. The van der Waals surface area contributed by atoms with Gasteiger partial charge in [0.05, 0.1) is 29.2 Å². The van der Waals surface area contributed by atoms with Crippen molar-refractivity contribution in [3.05, 3.63) is 84.9 Å². The summed E-state index contributed by atoms with van der Waals surface area (Å²) >= 11 is 7.79. The molecule has 0 aromatic heterocycles. The molecule has 228 valence electrons. The van der Waals surface area contributed by atoms with Crippen molar-refractivity contribution in [2.75, 3.05) is 29.5 Å². The molecule has 1 spiro atoms. The highest BCUT2D eigenvalue weighted by Gasteiger charge is 2.74. The van der Waals surface area contributed by atoms with Crippen LogP contribution in [0.2, 0.25) is 5.02 Å². The van der Waals surface area contributed by atoms with Gasteiger partial charge in [-0.05, 0) is 61.6 Å². The van der Waals surface area contributed by atoms with Crippen molar-refractivity contribution in [3.63, 3.8) is 0 Å². The number of nitrogens with zero attached hydrogens (tertiary/aromatic N) is 3. The molecule has 3 aliphatic rings. The van der Waals surface area contributed by atoms with E-state index in [1.54, 1.807) is 62.9 Å². The first-order valence-corrected chi connectivity index (χ1v) is 16.2. The van der Waals surface area contributed by atoms with Crippen LogP contribution in [-0.2, 0) is 14.4 Å². The number of carbonyl (C=O) groups excluding carboxylic acids is 3. The second kappa shape index (κ2) is 12.9. The third kappa shape index (κ3) is 5.54. The Bertz CT molecular complexity index is 1370. The van der Waals surface area contributed by atoms with E-state index in [-0.39, 0.29) is 42.0 Å². The van der Waals surface area contributed by atoms with Crippen LogP contribution in [0.5, 0.6) is 0 Å². The number of carbonyl (C=O) groups is 3. The maximum atomic E-state index is 14.8. The van der Waals surface area contributed by atoms with E-state index in [0.717, 1.165) is 12.1 Å². The molecule has 3 aliphatic heterocycles. The zero-order chi connectivity index (χ0) is 30.9. The molecule has 0 aliphatic carbocycles. The number of para-hydroxylation sites is 1. The number of thioether (sulfide) groups is 1. The topological polar surface area (TPSA) is 81.2 Å². The highest BCUT2D eigenvalue weighted by Crippen LogP contribution is 2.67. The zero-order valence-electron chi connectivity index (χ0n) is 24.8. The smallest absolute Gasteiger partial charge is 0.251 e. The summed E-state index contributed by atoms with van der Waals surface area (Å²) in [5.74, 6) is -1.65. The van der Waals surface area contributed by atoms with Crippen molar-refractivity contribution in [1.82, 2.24) is 4.90 Å². The van der Waals surface area contributed by atoms with Gasteiger partial charge >= 0.3 is 0 Å². The summed E-state index contributed by atoms with van der Waals surface area (Å²) in [4.78, 5) is 48.9. The van der Waals surface area contributed by atoms with E-state index in [9.17, 15) is 19.5 Å². The molecule has 43 heavy (non-hydrogen) atoms. The number of benzene rings is 2. The number of aliphatic hydroxyl groups is 1. The Labute approximate surface area is 263 Å². The van der Waals surface area contributed by atoms with Gasteiger partial charge in [0.2, 0.25) is 11.8 Å². The largest absolute Gasteiger partial charge is 0.394 e. The van der Waals surface area contributed by atoms with Crippen LogP contribution in [0.3, 0.4) is 0 Å². The second-order valence-electron chi connectivity index (χ2n) is 12.1. The van der Waals surface area contributed by atoms with Crippen LogP contribution < -0.4 is 9.80 Å². The van der Waals surface area contributed by atoms with Gasteiger partial charge in [0, 0.05) is 34.7 Å². The summed E-state index contributed by atoms with van der Waals surface area (Å²) < 4.78 is -0.786. The van der Waals surface area contributed by atoms with Crippen LogP contribution in [0.25, 0.3) is 0 Å². The lowest BCUT2D eigenvalue weighted by Crippen LogP contribution is -2.58. The Morgan fingerprint density at radius 1 is 1.05 bits per heavy atom. The minimum absolute atomic E-state index is 0.0870. The molecule has 2 bridgehead atoms. The van der Waals surface area contributed by atoms with E-state index in [0.29, 0.717) is 30.1 Å². The second-order valence-corrected chi connectivity index (χ2v) is 14.1. The number of hydrogen-bond donors (Lipinski definition) is 1. The van der Waals surface area contributed by atoms with Crippen LogP contribution >= 0.6 is 23.4 Å². The van der Waals surface area contributed by atoms with Gasteiger partial charge in [-0.2, -0.15) is 0 Å². The maximum Gasteiger partial charge on any atom is 0.251 e. The van der Waals surface area contributed by atoms with Crippen molar-refractivity contribution in [1.29, 1.82) is 0 Å². The molecule has 0 radical (unpaired) electrons. The molecule has 6 atom stereocenters. The number of halogens is 1. The lowest BCUT2D eigenvalue weighted by atomic mass is 9.70. The highest BCUT2D eigenvalue weighted by atomic mass is 35.5. The molecule has 3 saturated heterocycles. The summed E-state index contributed by atoms with van der Waals surface area (Å²) in [7, 11) is 0. The molecule has 2 unspecified atom stereocenters. The van der Waals surface area contributed by atoms with Gasteiger partial charge in [-0.15, -0.1) is 24.9 Å². The minimum Gasteiger partial charge on any atom is -0.394 e. The lowest BCUT2D eigenvalue weighted by Gasteiger charge is -2.40. The Balaban J connectivity index is 1.60. The molecule has 3 fully saturated rings. The van der Waals surface area contributed by atoms with E-state index in [1.165, 1.54) is 0 Å². The molecule has 5 rings (SSSR count). The van der Waals surface area contributed by atoms with E-state index in [4.69, 9.17) is 11.6 Å². The number of aliphatic hydroxyl groups excluding tert-OH is 1. The molecule has 1 N–H and O–H groups in total. The number of likely N-dealkylation sites (tertiary alicyclic amines) is 1. The van der Waals surface area contributed by atoms with Crippen LogP contribution in [0, 0.1) is 17.8 Å². The number of rotatable bonds is 12. The fourth-order valence-corrected chi connectivity index (χ4v) is 9.64. The predicted molar refractivity (Wildman–Crippen MR) is 174 cm³/mol. The van der Waals surface area contributed by atoms with Gasteiger partial charge in [-0.3, -0.25) is 14.4 Å². The van der Waals surface area contributed by atoms with Gasteiger partial charge in [0.15, 0.2) is 0 Å². The Kier molecular flexibility index (Phi) is 9.40. The first kappa shape index (κ1) is 31.4. The third-order valence-electron chi connectivity index (χ3n) is 8.97. The highest BCUT2D eigenvalue weighted by molar-refractivity contribution is 8.02. The number of fused-ring (bicyclic) bond motifs is 1. The van der Waals surface area contributed by atoms with Gasteiger partial charge in [0.1, 0.15) is 6.04 Å². The van der Waals surface area contributed by atoms with E-state index < -0.39 is 28.7 Å². The molecule has 3 heterocycles. The van der Waals surface area contributed by atoms with E-state index in [2.05, 4.69) is 13.2 Å². The average molecular weight is 622 g/mol. The van der Waals surface area contributed by atoms with Gasteiger partial charge < -0.3 is 19.8 Å². The first-order chi connectivity index (χ1) is 20.7. The van der Waals surface area contributed by atoms with E-state index in [1.807, 2.05) is 44.2 Å². The maximum absolute atomic E-state index is 14.8. The summed E-state index contributed by atoms with van der Waals surface area (Å²) in [5, 5.41) is 11.1.